The van der Waals surface area contributed by atoms with Crippen molar-refractivity contribution in [3.05, 3.63) is 0 Å². The maximum Gasteiger partial charge on any atom is 0.246 e. The number of hydrogen-bond acceptors (Lipinski definition) is 2. The van der Waals surface area contributed by atoms with E-state index >= 15 is 0 Å². The Morgan fingerprint density at radius 2 is 1.71 bits per heavy atom. The smallest absolute Gasteiger partial charge is 0.246 e. The number of carbonyl (C=O) groups excluding carboxylic acids is 2. The van der Waals surface area contributed by atoms with Crippen molar-refractivity contribution >= 4 is 11.8 Å². The van der Waals surface area contributed by atoms with Gasteiger partial charge in [0.1, 0.15) is 12.1 Å². The molecule has 0 radical (unpaired) electrons. The van der Waals surface area contributed by atoms with E-state index in [1.165, 1.54) is 25.7 Å². The second-order valence-electron chi connectivity index (χ2n) is 7.02. The molecule has 1 heterocycles. The molecule has 1 saturated heterocycles. The van der Waals surface area contributed by atoms with E-state index in [0.717, 1.165) is 38.5 Å². The molecule has 4 nitrogen and oxygen atoms in total. The molecule has 1 N–H and O–H groups in total. The van der Waals surface area contributed by atoms with E-state index in [-0.39, 0.29) is 23.9 Å². The average Bonchev–Trinajstić information content (AvgIpc) is 3.28. The summed E-state index contributed by atoms with van der Waals surface area (Å²) in [6, 6.07) is -0.148. The lowest BCUT2D eigenvalue weighted by atomic mass is 9.95. The molecule has 3 aliphatic rings. The molecule has 21 heavy (non-hydrogen) atoms. The van der Waals surface area contributed by atoms with Crippen LogP contribution in [0.3, 0.4) is 0 Å². The number of carbonyl (C=O) groups is 2. The normalized spacial score (nSPS) is 32.0. The summed E-state index contributed by atoms with van der Waals surface area (Å²) >= 11 is 0. The lowest BCUT2D eigenvalue weighted by Gasteiger charge is -2.43. The monoisotopic (exact) mass is 292 g/mol. The van der Waals surface area contributed by atoms with Gasteiger partial charge in [0.15, 0.2) is 0 Å². The van der Waals surface area contributed by atoms with Crippen molar-refractivity contribution in [3.63, 3.8) is 0 Å². The van der Waals surface area contributed by atoms with Crippen LogP contribution in [0.1, 0.15) is 71.1 Å². The number of amides is 2. The predicted octanol–water partition coefficient (Wildman–Crippen LogP) is 2.61. The van der Waals surface area contributed by atoms with Gasteiger partial charge in [-0.2, -0.15) is 0 Å². The molecule has 3 rings (SSSR count). The molecule has 2 amide bonds. The van der Waals surface area contributed by atoms with Gasteiger partial charge in [0.25, 0.3) is 0 Å². The Labute approximate surface area is 127 Å². The number of rotatable bonds is 4. The number of nitrogens with zero attached hydrogens (tertiary/aromatic N) is 1. The molecule has 118 valence electrons. The van der Waals surface area contributed by atoms with Crippen molar-refractivity contribution in [1.29, 1.82) is 0 Å². The Kier molecular flexibility index (Phi) is 4.51. The first-order valence-corrected chi connectivity index (χ1v) is 8.85. The SMILES string of the molecule is CCCC1NC(=O)C(C2CC2)N(C2CCCCCC2)C1=O. The Bertz CT molecular complexity index is 398. The van der Waals surface area contributed by atoms with E-state index in [9.17, 15) is 9.59 Å². The highest BCUT2D eigenvalue weighted by Gasteiger charge is 2.49. The van der Waals surface area contributed by atoms with E-state index in [1.807, 2.05) is 4.90 Å². The van der Waals surface area contributed by atoms with Crippen molar-refractivity contribution < 1.29 is 9.59 Å². The second-order valence-corrected chi connectivity index (χ2v) is 7.02. The maximum absolute atomic E-state index is 12.9. The van der Waals surface area contributed by atoms with Gasteiger partial charge in [-0.05, 0) is 38.0 Å². The van der Waals surface area contributed by atoms with Gasteiger partial charge in [-0.25, -0.2) is 0 Å². The molecule has 2 saturated carbocycles. The Balaban J connectivity index is 1.82. The van der Waals surface area contributed by atoms with Gasteiger partial charge in [0.05, 0.1) is 0 Å². The maximum atomic E-state index is 12.9. The molecule has 4 heteroatoms. The molecule has 2 aliphatic carbocycles. The summed E-state index contributed by atoms with van der Waals surface area (Å²) in [7, 11) is 0. The summed E-state index contributed by atoms with van der Waals surface area (Å²) < 4.78 is 0. The average molecular weight is 292 g/mol. The van der Waals surface area contributed by atoms with Crippen molar-refractivity contribution in [1.82, 2.24) is 10.2 Å². The van der Waals surface area contributed by atoms with Crippen LogP contribution in [0.5, 0.6) is 0 Å². The Hall–Kier alpha value is -1.06. The Morgan fingerprint density at radius 1 is 1.05 bits per heavy atom. The first kappa shape index (κ1) is 14.9. The highest BCUT2D eigenvalue weighted by atomic mass is 16.2. The summed E-state index contributed by atoms with van der Waals surface area (Å²) in [5.41, 5.74) is 0. The molecular weight excluding hydrogens is 264 g/mol. The van der Waals surface area contributed by atoms with Gasteiger partial charge >= 0.3 is 0 Å². The zero-order valence-electron chi connectivity index (χ0n) is 13.1. The van der Waals surface area contributed by atoms with E-state index in [1.54, 1.807) is 0 Å². The second kappa shape index (κ2) is 6.37. The van der Waals surface area contributed by atoms with Crippen molar-refractivity contribution in [2.75, 3.05) is 0 Å². The number of hydrogen-bond donors (Lipinski definition) is 1. The van der Waals surface area contributed by atoms with E-state index in [2.05, 4.69) is 12.2 Å². The molecule has 1 aliphatic heterocycles. The third-order valence-corrected chi connectivity index (χ3v) is 5.30. The molecule has 2 atom stereocenters. The van der Waals surface area contributed by atoms with Crippen LogP contribution in [-0.4, -0.2) is 34.8 Å². The zero-order chi connectivity index (χ0) is 14.8. The van der Waals surface area contributed by atoms with Gasteiger partial charge in [0.2, 0.25) is 11.8 Å². The lowest BCUT2D eigenvalue weighted by Crippen LogP contribution is -2.66. The summed E-state index contributed by atoms with van der Waals surface area (Å²) in [5.74, 6) is 0.722. The molecule has 0 aromatic rings. The Morgan fingerprint density at radius 3 is 2.29 bits per heavy atom. The first-order valence-electron chi connectivity index (χ1n) is 8.85. The van der Waals surface area contributed by atoms with Gasteiger partial charge in [0, 0.05) is 6.04 Å². The van der Waals surface area contributed by atoms with Crippen LogP contribution in [-0.2, 0) is 9.59 Å². The molecular formula is C17H28N2O2. The summed E-state index contributed by atoms with van der Waals surface area (Å²) in [6.07, 6.45) is 11.0. The molecule has 0 aromatic carbocycles. The fourth-order valence-corrected chi connectivity index (χ4v) is 4.04. The zero-order valence-corrected chi connectivity index (χ0v) is 13.1. The predicted molar refractivity (Wildman–Crippen MR) is 81.7 cm³/mol. The minimum absolute atomic E-state index is 0.111. The lowest BCUT2D eigenvalue weighted by molar-refractivity contribution is -0.153. The molecule has 0 bridgehead atoms. The van der Waals surface area contributed by atoms with Gasteiger partial charge in [-0.1, -0.05) is 39.0 Å². The number of nitrogens with one attached hydrogen (secondary N) is 1. The van der Waals surface area contributed by atoms with Crippen molar-refractivity contribution in [3.8, 4) is 0 Å². The largest absolute Gasteiger partial charge is 0.342 e. The molecule has 2 unspecified atom stereocenters. The fraction of sp³-hybridized carbons (Fsp3) is 0.882. The van der Waals surface area contributed by atoms with Crippen LogP contribution in [0.15, 0.2) is 0 Å². The number of piperazine rings is 1. The van der Waals surface area contributed by atoms with E-state index in [4.69, 9.17) is 0 Å². The standard InChI is InChI=1S/C17H28N2O2/c1-2-7-14-17(21)19(13-8-5-3-4-6-9-13)15(12-10-11-12)16(20)18-14/h12-15H,2-11H2,1H3,(H,18,20). The molecule has 0 spiro atoms. The van der Waals surface area contributed by atoms with Crippen LogP contribution >= 0.6 is 0 Å². The topological polar surface area (TPSA) is 49.4 Å². The minimum atomic E-state index is -0.277. The van der Waals surface area contributed by atoms with Gasteiger partial charge < -0.3 is 10.2 Å². The van der Waals surface area contributed by atoms with Crippen LogP contribution in [0.4, 0.5) is 0 Å². The van der Waals surface area contributed by atoms with Crippen molar-refractivity contribution in [2.24, 2.45) is 5.92 Å². The summed E-state index contributed by atoms with van der Waals surface area (Å²) in [5, 5.41) is 2.99. The summed E-state index contributed by atoms with van der Waals surface area (Å²) in [6.45, 7) is 2.07. The van der Waals surface area contributed by atoms with E-state index < -0.39 is 0 Å². The first-order chi connectivity index (χ1) is 10.2. The third-order valence-electron chi connectivity index (χ3n) is 5.30. The quantitative estimate of drug-likeness (QED) is 0.810. The fourth-order valence-electron chi connectivity index (χ4n) is 4.04. The van der Waals surface area contributed by atoms with Crippen LogP contribution in [0.25, 0.3) is 0 Å². The highest BCUT2D eigenvalue weighted by Crippen LogP contribution is 2.39. The molecule has 0 aromatic heterocycles. The highest BCUT2D eigenvalue weighted by molar-refractivity contribution is 5.97. The van der Waals surface area contributed by atoms with Gasteiger partial charge in [-0.3, -0.25) is 9.59 Å². The third kappa shape index (κ3) is 3.09. The summed E-state index contributed by atoms with van der Waals surface area (Å²) in [4.78, 5) is 27.5. The van der Waals surface area contributed by atoms with E-state index in [0.29, 0.717) is 12.0 Å². The van der Waals surface area contributed by atoms with Crippen LogP contribution in [0, 0.1) is 5.92 Å². The van der Waals surface area contributed by atoms with Gasteiger partial charge in [-0.15, -0.1) is 0 Å². The minimum Gasteiger partial charge on any atom is -0.342 e. The van der Waals surface area contributed by atoms with Crippen molar-refractivity contribution in [2.45, 2.75) is 89.3 Å². The van der Waals surface area contributed by atoms with Crippen LogP contribution in [0.2, 0.25) is 0 Å². The van der Waals surface area contributed by atoms with Crippen LogP contribution < -0.4 is 5.32 Å². The molecule has 3 fully saturated rings.